The molecule has 100 valence electrons. The predicted octanol–water partition coefficient (Wildman–Crippen LogP) is 0.653. The zero-order valence-corrected chi connectivity index (χ0v) is 10.3. The predicted molar refractivity (Wildman–Crippen MR) is 63.0 cm³/mol. The Morgan fingerprint density at radius 3 is 2.84 bits per heavy atom. The minimum absolute atomic E-state index is 0.106. The van der Waals surface area contributed by atoms with Gasteiger partial charge in [-0.1, -0.05) is 5.21 Å². The van der Waals surface area contributed by atoms with Crippen LogP contribution < -0.4 is 5.32 Å². The van der Waals surface area contributed by atoms with Crippen LogP contribution in [-0.2, 0) is 6.54 Å². The van der Waals surface area contributed by atoms with Crippen LogP contribution >= 0.6 is 11.6 Å². The number of hydrogen-bond donors (Lipinski definition) is 2. The summed E-state index contributed by atoms with van der Waals surface area (Å²) in [4.78, 5) is 22.1. The smallest absolute Gasteiger partial charge is 0.358 e. The second-order valence-electron chi connectivity index (χ2n) is 3.53. The van der Waals surface area contributed by atoms with Crippen molar-refractivity contribution < 1.29 is 19.1 Å². The molecule has 0 aliphatic heterocycles. The average molecular weight is 285 g/mol. The third kappa shape index (κ3) is 3.32. The van der Waals surface area contributed by atoms with E-state index in [9.17, 15) is 9.59 Å². The van der Waals surface area contributed by atoms with Crippen LogP contribution in [0.4, 0.5) is 0 Å². The quantitative estimate of drug-likeness (QED) is 0.834. The molecule has 2 aromatic heterocycles. The number of nitrogens with one attached hydrogen (secondary N) is 1. The number of aromatic nitrogens is 3. The number of amides is 1. The maximum atomic E-state index is 11.6. The molecule has 8 nitrogen and oxygen atoms in total. The van der Waals surface area contributed by atoms with Crippen LogP contribution in [0.2, 0.25) is 5.22 Å². The molecule has 19 heavy (non-hydrogen) atoms. The number of hydrogen-bond acceptors (Lipinski definition) is 5. The SMILES string of the molecule is O=C(O)c1cn(CCNC(=O)c2ccc(Cl)o2)nn1. The summed E-state index contributed by atoms with van der Waals surface area (Å²) < 4.78 is 6.24. The zero-order chi connectivity index (χ0) is 13.8. The fourth-order valence-electron chi connectivity index (χ4n) is 1.31. The first-order chi connectivity index (χ1) is 9.06. The molecule has 9 heteroatoms. The van der Waals surface area contributed by atoms with Crippen molar-refractivity contribution in [2.75, 3.05) is 6.54 Å². The molecule has 1 amide bonds. The van der Waals surface area contributed by atoms with Crippen molar-refractivity contribution in [1.29, 1.82) is 0 Å². The summed E-state index contributed by atoms with van der Waals surface area (Å²) in [5.41, 5.74) is -0.149. The molecule has 0 aliphatic rings. The van der Waals surface area contributed by atoms with Gasteiger partial charge in [0.1, 0.15) is 0 Å². The molecule has 0 fully saturated rings. The second-order valence-corrected chi connectivity index (χ2v) is 3.90. The number of nitrogens with zero attached hydrogens (tertiary/aromatic N) is 3. The van der Waals surface area contributed by atoms with Crippen molar-refractivity contribution in [1.82, 2.24) is 20.3 Å². The van der Waals surface area contributed by atoms with E-state index in [2.05, 4.69) is 15.6 Å². The van der Waals surface area contributed by atoms with Gasteiger partial charge in [-0.3, -0.25) is 4.79 Å². The number of carbonyl (C=O) groups is 2. The lowest BCUT2D eigenvalue weighted by Crippen LogP contribution is -2.27. The molecule has 0 saturated carbocycles. The fraction of sp³-hybridized carbons (Fsp3) is 0.200. The minimum Gasteiger partial charge on any atom is -0.476 e. The van der Waals surface area contributed by atoms with Crippen LogP contribution in [0.15, 0.2) is 22.7 Å². The summed E-state index contributed by atoms with van der Waals surface area (Å²) in [5, 5.41) is 18.4. The van der Waals surface area contributed by atoms with Crippen LogP contribution in [0.1, 0.15) is 21.0 Å². The normalized spacial score (nSPS) is 10.4. The number of halogens is 1. The van der Waals surface area contributed by atoms with Crippen molar-refractivity contribution in [2.24, 2.45) is 0 Å². The molecule has 2 rings (SSSR count). The Morgan fingerprint density at radius 1 is 1.47 bits per heavy atom. The molecule has 2 aromatic rings. The van der Waals surface area contributed by atoms with Gasteiger partial charge in [-0.25, -0.2) is 9.48 Å². The fourth-order valence-corrected chi connectivity index (χ4v) is 1.46. The molecule has 0 radical (unpaired) electrons. The van der Waals surface area contributed by atoms with E-state index in [0.717, 1.165) is 0 Å². The highest BCUT2D eigenvalue weighted by molar-refractivity contribution is 6.29. The summed E-state index contributed by atoms with van der Waals surface area (Å²) >= 11 is 5.54. The maximum absolute atomic E-state index is 11.6. The first-order valence-electron chi connectivity index (χ1n) is 5.23. The van der Waals surface area contributed by atoms with Gasteiger partial charge in [0.05, 0.1) is 12.7 Å². The number of carbonyl (C=O) groups excluding carboxylic acids is 1. The second kappa shape index (κ2) is 5.53. The highest BCUT2D eigenvalue weighted by Crippen LogP contribution is 2.12. The van der Waals surface area contributed by atoms with E-state index < -0.39 is 11.9 Å². The Kier molecular flexibility index (Phi) is 3.81. The Balaban J connectivity index is 1.83. The highest BCUT2D eigenvalue weighted by atomic mass is 35.5. The lowest BCUT2D eigenvalue weighted by atomic mass is 10.4. The number of rotatable bonds is 5. The largest absolute Gasteiger partial charge is 0.476 e. The van der Waals surface area contributed by atoms with Gasteiger partial charge >= 0.3 is 5.97 Å². The van der Waals surface area contributed by atoms with Gasteiger partial charge in [-0.2, -0.15) is 0 Å². The van der Waals surface area contributed by atoms with E-state index in [1.54, 1.807) is 0 Å². The molecule has 0 unspecified atom stereocenters. The van der Waals surface area contributed by atoms with Crippen molar-refractivity contribution in [3.05, 3.63) is 35.0 Å². The molecule has 0 saturated heterocycles. The van der Waals surface area contributed by atoms with Gasteiger partial charge in [-0.15, -0.1) is 5.10 Å². The van der Waals surface area contributed by atoms with Crippen molar-refractivity contribution in [2.45, 2.75) is 6.54 Å². The number of aromatic carboxylic acids is 1. The van der Waals surface area contributed by atoms with Gasteiger partial charge in [-0.05, 0) is 23.7 Å². The summed E-state index contributed by atoms with van der Waals surface area (Å²) in [5.74, 6) is -1.46. The molecule has 0 aliphatic carbocycles. The van der Waals surface area contributed by atoms with Crippen LogP contribution in [0, 0.1) is 0 Å². The maximum Gasteiger partial charge on any atom is 0.358 e. The lowest BCUT2D eigenvalue weighted by molar-refractivity contribution is 0.0690. The molecule has 2 N–H and O–H groups in total. The van der Waals surface area contributed by atoms with E-state index in [0.29, 0.717) is 6.54 Å². The zero-order valence-electron chi connectivity index (χ0n) is 9.54. The topological polar surface area (TPSA) is 110 Å². The summed E-state index contributed by atoms with van der Waals surface area (Å²) in [6.45, 7) is 0.542. The summed E-state index contributed by atoms with van der Waals surface area (Å²) in [7, 11) is 0. The number of carboxylic acid groups (broad SMARTS) is 1. The Morgan fingerprint density at radius 2 is 2.26 bits per heavy atom. The molecule has 0 atom stereocenters. The van der Waals surface area contributed by atoms with Crippen LogP contribution in [0.5, 0.6) is 0 Å². The Bertz CT molecular complexity index is 606. The summed E-state index contributed by atoms with van der Waals surface area (Å²) in [6, 6.07) is 2.92. The molecule has 0 spiro atoms. The monoisotopic (exact) mass is 284 g/mol. The Hall–Kier alpha value is -2.35. The van der Waals surface area contributed by atoms with Gasteiger partial charge in [0.25, 0.3) is 5.91 Å². The molecular weight excluding hydrogens is 276 g/mol. The lowest BCUT2D eigenvalue weighted by Gasteiger charge is -2.02. The van der Waals surface area contributed by atoms with Crippen molar-refractivity contribution in [3.8, 4) is 0 Å². The van der Waals surface area contributed by atoms with Crippen LogP contribution in [0.25, 0.3) is 0 Å². The third-order valence-corrected chi connectivity index (χ3v) is 2.38. The molecule has 0 bridgehead atoms. The number of carboxylic acids is 1. The van der Waals surface area contributed by atoms with E-state index in [4.69, 9.17) is 21.1 Å². The first kappa shape index (κ1) is 13.1. The van der Waals surface area contributed by atoms with E-state index in [1.807, 2.05) is 0 Å². The van der Waals surface area contributed by atoms with Gasteiger partial charge < -0.3 is 14.8 Å². The molecule has 0 aromatic carbocycles. The van der Waals surface area contributed by atoms with E-state index >= 15 is 0 Å². The molecule has 2 heterocycles. The Labute approximate surface area is 112 Å². The van der Waals surface area contributed by atoms with Crippen molar-refractivity contribution >= 4 is 23.5 Å². The summed E-state index contributed by atoms with van der Waals surface area (Å²) in [6.07, 6.45) is 1.28. The van der Waals surface area contributed by atoms with Gasteiger partial charge in [0, 0.05) is 6.54 Å². The van der Waals surface area contributed by atoms with E-state index in [1.165, 1.54) is 23.0 Å². The van der Waals surface area contributed by atoms with Crippen molar-refractivity contribution in [3.63, 3.8) is 0 Å². The average Bonchev–Trinajstić information content (AvgIpc) is 2.98. The van der Waals surface area contributed by atoms with Crippen LogP contribution in [0.3, 0.4) is 0 Å². The van der Waals surface area contributed by atoms with Crippen LogP contribution in [-0.4, -0.2) is 38.5 Å². The van der Waals surface area contributed by atoms with E-state index in [-0.39, 0.29) is 23.2 Å². The van der Waals surface area contributed by atoms with Gasteiger partial charge in [0.2, 0.25) is 0 Å². The highest BCUT2D eigenvalue weighted by Gasteiger charge is 2.11. The minimum atomic E-state index is -1.15. The third-order valence-electron chi connectivity index (χ3n) is 2.18. The first-order valence-corrected chi connectivity index (χ1v) is 5.61. The standard InChI is InChI=1S/C10H9ClN4O4/c11-8-2-1-7(19-8)9(16)12-3-4-15-5-6(10(17)18)13-14-15/h1-2,5H,3-4H2,(H,12,16)(H,17,18). The molecular formula is C10H9ClN4O4. The number of furan rings is 1. The van der Waals surface area contributed by atoms with Gasteiger partial charge in [0.15, 0.2) is 16.7 Å².